The summed E-state index contributed by atoms with van der Waals surface area (Å²) in [4.78, 5) is 14.9. The van der Waals surface area contributed by atoms with Gasteiger partial charge in [-0.25, -0.2) is 8.42 Å². The Morgan fingerprint density at radius 1 is 1.19 bits per heavy atom. The molecular weight excluding hydrogens is 452 g/mol. The first kappa shape index (κ1) is 22.4. The second-order valence-electron chi connectivity index (χ2n) is 7.65. The summed E-state index contributed by atoms with van der Waals surface area (Å²) in [5, 5.41) is 4.56. The van der Waals surface area contributed by atoms with Gasteiger partial charge in [0.15, 0.2) is 21.3 Å². The van der Waals surface area contributed by atoms with E-state index in [-0.39, 0.29) is 29.7 Å². The highest BCUT2D eigenvalue weighted by Gasteiger charge is 2.36. The fourth-order valence-corrected chi connectivity index (χ4v) is 5.57. The molecule has 0 N–H and O–H groups in total. The van der Waals surface area contributed by atoms with Gasteiger partial charge in [-0.3, -0.25) is 4.79 Å². The highest BCUT2D eigenvalue weighted by Crippen LogP contribution is 2.26. The summed E-state index contributed by atoms with van der Waals surface area (Å²) in [6, 6.07) is 15.6. The molecule has 0 unspecified atom stereocenters. The molecule has 0 spiro atoms. The number of benzene rings is 2. The molecule has 0 radical (unpaired) electrons. The number of ether oxygens (including phenoxy) is 1. The quantitative estimate of drug-likeness (QED) is 0.509. The average Bonchev–Trinajstić information content (AvgIpc) is 3.40. The summed E-state index contributed by atoms with van der Waals surface area (Å²) < 4.78 is 35.0. The van der Waals surface area contributed by atoms with E-state index in [9.17, 15) is 13.2 Å². The lowest BCUT2D eigenvalue weighted by Crippen LogP contribution is -2.40. The van der Waals surface area contributed by atoms with Crippen LogP contribution in [0.1, 0.15) is 29.4 Å². The Labute approximate surface area is 191 Å². The minimum Gasteiger partial charge on any atom is -0.494 e. The van der Waals surface area contributed by atoms with Crippen molar-refractivity contribution in [2.75, 3.05) is 18.1 Å². The summed E-state index contributed by atoms with van der Waals surface area (Å²) in [7, 11) is -3.17. The van der Waals surface area contributed by atoms with E-state index in [4.69, 9.17) is 20.9 Å². The minimum absolute atomic E-state index is 0.0596. The smallest absolute Gasteiger partial charge is 0.276 e. The van der Waals surface area contributed by atoms with Crippen molar-refractivity contribution in [3.8, 4) is 17.1 Å². The van der Waals surface area contributed by atoms with Crippen molar-refractivity contribution in [3.63, 3.8) is 0 Å². The van der Waals surface area contributed by atoms with Gasteiger partial charge < -0.3 is 14.2 Å². The molecule has 2 aromatic carbocycles. The second kappa shape index (κ2) is 9.34. The molecule has 1 aliphatic heterocycles. The van der Waals surface area contributed by atoms with Crippen molar-refractivity contribution in [1.82, 2.24) is 10.1 Å². The summed E-state index contributed by atoms with van der Waals surface area (Å²) in [5.74, 6) is 0.822. The van der Waals surface area contributed by atoms with Crippen LogP contribution in [0.15, 0.2) is 59.1 Å². The Kier molecular flexibility index (Phi) is 6.53. The maximum absolute atomic E-state index is 13.4. The van der Waals surface area contributed by atoms with Crippen LogP contribution in [0.2, 0.25) is 5.02 Å². The first-order valence-corrected chi connectivity index (χ1v) is 12.5. The third-order valence-electron chi connectivity index (χ3n) is 5.36. The fourth-order valence-electron chi connectivity index (χ4n) is 3.72. The van der Waals surface area contributed by atoms with Gasteiger partial charge in [-0.15, -0.1) is 0 Å². The second-order valence-corrected chi connectivity index (χ2v) is 10.3. The Morgan fingerprint density at radius 3 is 2.53 bits per heavy atom. The standard InChI is InChI=1S/C23H23ClN2O5S/c1-2-30-20-9-5-17(6-10-20)22-13-21(25-31-22)23(27)26(19-11-12-32(28,29)15-19)14-16-3-7-18(24)8-4-16/h3-10,13,19H,2,11-12,14-15H2,1H3/t19-/m1/s1. The predicted octanol–water partition coefficient (Wildman–Crippen LogP) is 4.22. The zero-order valence-corrected chi connectivity index (χ0v) is 19.1. The Balaban J connectivity index is 1.58. The largest absolute Gasteiger partial charge is 0.494 e. The van der Waals surface area contributed by atoms with E-state index in [1.165, 1.54) is 0 Å². The number of hydrogen-bond acceptors (Lipinski definition) is 6. The molecule has 168 valence electrons. The van der Waals surface area contributed by atoms with E-state index < -0.39 is 15.9 Å². The Hall–Kier alpha value is -2.84. The van der Waals surface area contributed by atoms with E-state index in [0.717, 1.165) is 16.9 Å². The first-order chi connectivity index (χ1) is 15.3. The lowest BCUT2D eigenvalue weighted by Gasteiger charge is -2.27. The number of rotatable bonds is 7. The number of carbonyl (C=O) groups is 1. The van der Waals surface area contributed by atoms with Crippen molar-refractivity contribution in [1.29, 1.82) is 0 Å². The fraction of sp³-hybridized carbons (Fsp3) is 0.304. The zero-order chi connectivity index (χ0) is 22.7. The van der Waals surface area contributed by atoms with Gasteiger partial charge in [0.2, 0.25) is 0 Å². The summed E-state index contributed by atoms with van der Waals surface area (Å²) >= 11 is 5.97. The summed E-state index contributed by atoms with van der Waals surface area (Å²) in [6.07, 6.45) is 0.394. The molecule has 3 aromatic rings. The normalized spacial score (nSPS) is 17.2. The van der Waals surface area contributed by atoms with Gasteiger partial charge >= 0.3 is 0 Å². The maximum atomic E-state index is 13.4. The van der Waals surface area contributed by atoms with Crippen molar-refractivity contribution >= 4 is 27.3 Å². The van der Waals surface area contributed by atoms with Crippen LogP contribution in [0.25, 0.3) is 11.3 Å². The Morgan fingerprint density at radius 2 is 1.91 bits per heavy atom. The summed E-state index contributed by atoms with van der Waals surface area (Å²) in [5.41, 5.74) is 1.74. The van der Waals surface area contributed by atoms with Crippen LogP contribution < -0.4 is 4.74 Å². The topological polar surface area (TPSA) is 89.7 Å². The van der Waals surface area contributed by atoms with Crippen LogP contribution in [0.4, 0.5) is 0 Å². The molecule has 0 bridgehead atoms. The van der Waals surface area contributed by atoms with Gasteiger partial charge in [-0.05, 0) is 55.3 Å². The first-order valence-electron chi connectivity index (χ1n) is 10.3. The summed E-state index contributed by atoms with van der Waals surface area (Å²) in [6.45, 7) is 2.73. The lowest BCUT2D eigenvalue weighted by atomic mass is 10.1. The molecule has 1 fully saturated rings. The number of amides is 1. The number of hydrogen-bond donors (Lipinski definition) is 0. The van der Waals surface area contributed by atoms with E-state index in [1.54, 1.807) is 23.1 Å². The SMILES string of the molecule is CCOc1ccc(-c2cc(C(=O)N(Cc3ccc(Cl)cc3)[C@@H]3CCS(=O)(=O)C3)no2)cc1. The third-order valence-corrected chi connectivity index (χ3v) is 7.36. The monoisotopic (exact) mass is 474 g/mol. The number of nitrogens with zero attached hydrogens (tertiary/aromatic N) is 2. The van der Waals surface area contributed by atoms with Gasteiger partial charge in [0.1, 0.15) is 5.75 Å². The van der Waals surface area contributed by atoms with Crippen LogP contribution in [-0.4, -0.2) is 48.5 Å². The van der Waals surface area contributed by atoms with Crippen LogP contribution in [0.3, 0.4) is 0 Å². The van der Waals surface area contributed by atoms with E-state index in [1.807, 2.05) is 43.3 Å². The highest BCUT2D eigenvalue weighted by molar-refractivity contribution is 7.91. The van der Waals surface area contributed by atoms with Crippen LogP contribution in [0.5, 0.6) is 5.75 Å². The molecular formula is C23H23ClN2O5S. The zero-order valence-electron chi connectivity index (χ0n) is 17.5. The lowest BCUT2D eigenvalue weighted by molar-refractivity contribution is 0.0670. The van der Waals surface area contributed by atoms with Gasteiger partial charge in [-0.1, -0.05) is 28.9 Å². The molecule has 1 saturated heterocycles. The number of sulfone groups is 1. The molecule has 32 heavy (non-hydrogen) atoms. The molecule has 7 nitrogen and oxygen atoms in total. The van der Waals surface area contributed by atoms with Crippen LogP contribution in [0, 0.1) is 0 Å². The molecule has 1 atom stereocenters. The maximum Gasteiger partial charge on any atom is 0.276 e. The highest BCUT2D eigenvalue weighted by atomic mass is 35.5. The predicted molar refractivity (Wildman–Crippen MR) is 121 cm³/mol. The number of carbonyl (C=O) groups excluding carboxylic acids is 1. The molecule has 1 aromatic heterocycles. The Bertz CT molecular complexity index is 1190. The minimum atomic E-state index is -3.17. The van der Waals surface area contributed by atoms with Crippen LogP contribution >= 0.6 is 11.6 Å². The van der Waals surface area contributed by atoms with E-state index in [2.05, 4.69) is 5.16 Å². The third kappa shape index (κ3) is 5.14. The molecule has 1 aliphatic rings. The van der Waals surface area contributed by atoms with Crippen LogP contribution in [-0.2, 0) is 16.4 Å². The molecule has 1 amide bonds. The molecule has 0 aliphatic carbocycles. The molecule has 4 rings (SSSR count). The van der Waals surface area contributed by atoms with Crippen molar-refractivity contribution < 1.29 is 22.5 Å². The molecule has 9 heteroatoms. The molecule has 0 saturated carbocycles. The van der Waals surface area contributed by atoms with Gasteiger partial charge in [-0.2, -0.15) is 0 Å². The van der Waals surface area contributed by atoms with Gasteiger partial charge in [0, 0.05) is 29.2 Å². The van der Waals surface area contributed by atoms with Crippen molar-refractivity contribution in [2.45, 2.75) is 25.9 Å². The van der Waals surface area contributed by atoms with E-state index >= 15 is 0 Å². The van der Waals surface area contributed by atoms with Gasteiger partial charge in [0.25, 0.3) is 5.91 Å². The average molecular weight is 475 g/mol. The number of aromatic nitrogens is 1. The van der Waals surface area contributed by atoms with Crippen molar-refractivity contribution in [2.24, 2.45) is 0 Å². The van der Waals surface area contributed by atoms with E-state index in [0.29, 0.717) is 23.8 Å². The number of halogens is 1. The molecule has 2 heterocycles. The van der Waals surface area contributed by atoms with Crippen molar-refractivity contribution in [3.05, 3.63) is 70.9 Å². The van der Waals surface area contributed by atoms with Gasteiger partial charge in [0.05, 0.1) is 18.1 Å².